The maximum atomic E-state index is 2.54. The van der Waals surface area contributed by atoms with Gasteiger partial charge in [0.25, 0.3) is 0 Å². The van der Waals surface area contributed by atoms with Crippen LogP contribution in [-0.4, -0.2) is 0 Å². The third kappa shape index (κ3) is 29.0. The Morgan fingerprint density at radius 1 is 0.500 bits per heavy atom. The van der Waals surface area contributed by atoms with Crippen LogP contribution in [0.4, 0.5) is 0 Å². The highest BCUT2D eigenvalue weighted by atomic mass is 14.4. The van der Waals surface area contributed by atoms with Crippen molar-refractivity contribution in [2.45, 2.75) is 248 Å². The Kier molecular flexibility index (Phi) is 33.3. The molecule has 0 rings (SSSR count). The monoisotopic (exact) mass is 703 g/mol. The van der Waals surface area contributed by atoms with Gasteiger partial charge in [-0.2, -0.15) is 0 Å². The van der Waals surface area contributed by atoms with Crippen molar-refractivity contribution in [2.75, 3.05) is 0 Å². The maximum Gasteiger partial charge on any atom is -0.0119 e. The molecule has 0 bridgehead atoms. The Bertz CT molecular complexity index is 819. The summed E-state index contributed by atoms with van der Waals surface area (Å²) in [5, 5.41) is 0. The van der Waals surface area contributed by atoms with E-state index in [1.54, 1.807) is 11.1 Å². The molecule has 0 radical (unpaired) electrons. The van der Waals surface area contributed by atoms with Crippen LogP contribution in [-0.2, 0) is 0 Å². The molecule has 0 saturated carbocycles. The Morgan fingerprint density at radius 3 is 1.30 bits per heavy atom. The van der Waals surface area contributed by atoms with Crippen molar-refractivity contribution in [1.82, 2.24) is 0 Å². The summed E-state index contributed by atoms with van der Waals surface area (Å²) in [6, 6.07) is 0. The lowest BCUT2D eigenvalue weighted by atomic mass is 9.66. The zero-order valence-corrected chi connectivity index (χ0v) is 39.1. The summed E-state index contributed by atoms with van der Waals surface area (Å²) >= 11 is 0. The second-order valence-electron chi connectivity index (χ2n) is 19.7. The molecule has 0 aromatic rings. The molecule has 0 amide bonds. The molecule has 0 N–H and O–H groups in total. The van der Waals surface area contributed by atoms with E-state index in [1.807, 2.05) is 0 Å². The first-order valence-electron chi connectivity index (χ1n) is 22.4. The van der Waals surface area contributed by atoms with Crippen LogP contribution in [0.5, 0.6) is 0 Å². The van der Waals surface area contributed by atoms with E-state index in [1.165, 1.54) is 115 Å². The SMILES string of the molecule is CC=C(C)CCCC(C)C.CCC(C)(CCCC(C)C)/C(C)=C(/C)CCCC(C)C.CCC(C)(CCCC(C)C)C(C)C(C)CCCC(C)C. The van der Waals surface area contributed by atoms with E-state index in [0.29, 0.717) is 10.8 Å². The maximum absolute atomic E-state index is 2.54. The molecular weight excluding hydrogens is 601 g/mol. The van der Waals surface area contributed by atoms with Crippen LogP contribution >= 0.6 is 0 Å². The molecule has 0 nitrogen and oxygen atoms in total. The molecule has 302 valence electrons. The molecule has 0 aliphatic heterocycles. The minimum atomic E-state index is 0.427. The van der Waals surface area contributed by atoms with Gasteiger partial charge in [-0.15, -0.1) is 0 Å². The second kappa shape index (κ2) is 30.9. The summed E-state index contributed by atoms with van der Waals surface area (Å²) in [7, 11) is 0. The van der Waals surface area contributed by atoms with Gasteiger partial charge in [-0.25, -0.2) is 0 Å². The highest BCUT2D eigenvalue weighted by Gasteiger charge is 2.32. The van der Waals surface area contributed by atoms with E-state index >= 15 is 0 Å². The van der Waals surface area contributed by atoms with Crippen molar-refractivity contribution in [1.29, 1.82) is 0 Å². The number of hydrogen-bond acceptors (Lipinski definition) is 0. The molecule has 4 unspecified atom stereocenters. The van der Waals surface area contributed by atoms with Crippen LogP contribution in [0.15, 0.2) is 22.8 Å². The summed E-state index contributed by atoms with van der Waals surface area (Å²) in [5.41, 5.74) is 5.83. The highest BCUT2D eigenvalue weighted by molar-refractivity contribution is 5.18. The van der Waals surface area contributed by atoms with Gasteiger partial charge in [0.15, 0.2) is 0 Å². The molecule has 0 fully saturated rings. The van der Waals surface area contributed by atoms with Crippen LogP contribution < -0.4 is 0 Å². The molecule has 0 heteroatoms. The Hall–Kier alpha value is -0.520. The summed E-state index contributed by atoms with van der Waals surface area (Å²) in [6.07, 6.45) is 25.4. The van der Waals surface area contributed by atoms with Gasteiger partial charge in [-0.3, -0.25) is 0 Å². The summed E-state index contributed by atoms with van der Waals surface area (Å²) in [5.74, 6) is 5.99. The lowest BCUT2D eigenvalue weighted by Crippen LogP contribution is -2.29. The molecule has 0 saturated heterocycles. The predicted molar refractivity (Wildman–Crippen MR) is 236 cm³/mol. The molecule has 4 atom stereocenters. The van der Waals surface area contributed by atoms with E-state index in [-0.39, 0.29) is 0 Å². The van der Waals surface area contributed by atoms with Crippen molar-refractivity contribution >= 4 is 0 Å². The lowest BCUT2D eigenvalue weighted by molar-refractivity contribution is 0.112. The van der Waals surface area contributed by atoms with E-state index in [4.69, 9.17) is 0 Å². The van der Waals surface area contributed by atoms with E-state index in [0.717, 1.165) is 41.4 Å². The lowest BCUT2D eigenvalue weighted by Gasteiger charge is -2.39. The molecule has 0 heterocycles. The molecule has 0 aliphatic carbocycles. The first kappa shape index (κ1) is 53.8. The average molecular weight is 703 g/mol. The van der Waals surface area contributed by atoms with Gasteiger partial charge in [-0.1, -0.05) is 198 Å². The van der Waals surface area contributed by atoms with Gasteiger partial charge in [0.2, 0.25) is 0 Å². The topological polar surface area (TPSA) is 0 Å². The summed E-state index contributed by atoms with van der Waals surface area (Å²) < 4.78 is 0. The van der Waals surface area contributed by atoms with Crippen LogP contribution in [0.3, 0.4) is 0 Å². The zero-order chi connectivity index (χ0) is 39.5. The van der Waals surface area contributed by atoms with E-state index in [2.05, 4.69) is 145 Å². The summed E-state index contributed by atoms with van der Waals surface area (Å²) in [4.78, 5) is 0. The molecule has 50 heavy (non-hydrogen) atoms. The molecule has 0 aromatic heterocycles. The molecule has 0 aromatic carbocycles. The van der Waals surface area contributed by atoms with Crippen molar-refractivity contribution in [3.63, 3.8) is 0 Å². The van der Waals surface area contributed by atoms with Crippen molar-refractivity contribution in [3.8, 4) is 0 Å². The van der Waals surface area contributed by atoms with Gasteiger partial charge in [0, 0.05) is 0 Å². The van der Waals surface area contributed by atoms with Crippen LogP contribution in [0.2, 0.25) is 0 Å². The second-order valence-corrected chi connectivity index (χ2v) is 19.7. The molecule has 0 spiro atoms. The van der Waals surface area contributed by atoms with Crippen molar-refractivity contribution in [3.05, 3.63) is 22.8 Å². The standard InChI is InChI=1S/C20H42.C20H40.C10H20/c2*1-9-20(8,15-11-13-17(4)5)19(7)18(6)14-10-12-16(2)3;1-5-10(4)8-6-7-9(2)3/h16-19H,9-15H2,1-8H3;16-17H,9-15H2,1-8H3;5,9H,6-8H2,1-4H3/b;19-18-;. The fourth-order valence-corrected chi connectivity index (χ4v) is 7.37. The predicted octanol–water partition coefficient (Wildman–Crippen LogP) is 18.5. The normalized spacial score (nSPS) is 16.5. The Morgan fingerprint density at radius 2 is 0.900 bits per heavy atom. The van der Waals surface area contributed by atoms with Gasteiger partial charge in [0.05, 0.1) is 0 Å². The minimum Gasteiger partial charge on any atom is -0.0887 e. The van der Waals surface area contributed by atoms with Crippen LogP contribution in [0.1, 0.15) is 248 Å². The van der Waals surface area contributed by atoms with Gasteiger partial charge < -0.3 is 0 Å². The Balaban J connectivity index is -0.000000701. The van der Waals surface area contributed by atoms with Crippen LogP contribution in [0, 0.1) is 52.3 Å². The number of rotatable bonds is 25. The third-order valence-electron chi connectivity index (χ3n) is 12.7. The average Bonchev–Trinajstić information content (AvgIpc) is 3.03. The van der Waals surface area contributed by atoms with Gasteiger partial charge in [0.1, 0.15) is 0 Å². The Labute approximate surface area is 321 Å². The van der Waals surface area contributed by atoms with E-state index < -0.39 is 0 Å². The molecule has 0 aliphatic rings. The first-order valence-corrected chi connectivity index (χ1v) is 22.4. The van der Waals surface area contributed by atoms with Gasteiger partial charge >= 0.3 is 0 Å². The number of hydrogen-bond donors (Lipinski definition) is 0. The van der Waals surface area contributed by atoms with E-state index in [9.17, 15) is 0 Å². The van der Waals surface area contributed by atoms with Crippen LogP contribution in [0.25, 0.3) is 0 Å². The fourth-order valence-electron chi connectivity index (χ4n) is 7.37. The fraction of sp³-hybridized carbons (Fsp3) is 0.920. The smallest absolute Gasteiger partial charge is 0.0119 e. The number of allylic oxidation sites excluding steroid dienone is 4. The third-order valence-corrected chi connectivity index (χ3v) is 12.7. The zero-order valence-electron chi connectivity index (χ0n) is 39.1. The highest BCUT2D eigenvalue weighted by Crippen LogP contribution is 2.42. The quantitative estimate of drug-likeness (QED) is 0.0831. The van der Waals surface area contributed by atoms with Gasteiger partial charge in [-0.05, 0) is 125 Å². The first-order chi connectivity index (χ1) is 23.1. The largest absolute Gasteiger partial charge is 0.0887 e. The van der Waals surface area contributed by atoms with Crippen molar-refractivity contribution < 1.29 is 0 Å². The minimum absolute atomic E-state index is 0.427. The van der Waals surface area contributed by atoms with Crippen molar-refractivity contribution in [2.24, 2.45) is 52.3 Å². The summed E-state index contributed by atoms with van der Waals surface area (Å²) in [6.45, 7) is 47.1. The molecular formula is C50H102.